The normalized spacial score (nSPS) is 11.4. The van der Waals surface area contributed by atoms with Crippen LogP contribution in [0.1, 0.15) is 24.2 Å². The van der Waals surface area contributed by atoms with Crippen LogP contribution in [0.25, 0.3) is 11.1 Å². The Morgan fingerprint density at radius 3 is 2.30 bits per heavy atom. The van der Waals surface area contributed by atoms with Crippen molar-refractivity contribution in [3.8, 4) is 22.6 Å². The maximum Gasteiger partial charge on any atom is 0.573 e. The smallest absolute Gasteiger partial charge is 0.487 e. The number of carbonyl (C=O) groups excluding carboxylic acids is 1. The lowest BCUT2D eigenvalue weighted by Crippen LogP contribution is -2.18. The number of carbonyl (C=O) groups is 1. The van der Waals surface area contributed by atoms with Crippen LogP contribution in [0.3, 0.4) is 0 Å². The third kappa shape index (κ3) is 4.74. The van der Waals surface area contributed by atoms with Crippen LogP contribution in [0.2, 0.25) is 0 Å². The number of hydrogen-bond donors (Lipinski definition) is 0. The molecule has 0 saturated carbocycles. The van der Waals surface area contributed by atoms with Gasteiger partial charge in [-0.25, -0.2) is 0 Å². The van der Waals surface area contributed by atoms with Crippen molar-refractivity contribution in [1.29, 1.82) is 0 Å². The van der Waals surface area contributed by atoms with Crippen LogP contribution in [0.4, 0.5) is 13.2 Å². The summed E-state index contributed by atoms with van der Waals surface area (Å²) in [6, 6.07) is 10.9. The second kappa shape index (κ2) is 6.73. The molecule has 0 atom stereocenters. The maximum absolute atomic E-state index is 12.5. The van der Waals surface area contributed by atoms with E-state index in [0.717, 1.165) is 0 Å². The number of aldehydes is 1. The molecule has 0 unspecified atom stereocenters. The quantitative estimate of drug-likeness (QED) is 0.737. The maximum atomic E-state index is 12.5. The van der Waals surface area contributed by atoms with Gasteiger partial charge in [0.2, 0.25) is 0 Å². The highest BCUT2D eigenvalue weighted by Crippen LogP contribution is 2.36. The number of halogens is 3. The van der Waals surface area contributed by atoms with Crippen molar-refractivity contribution < 1.29 is 27.4 Å². The molecule has 0 aromatic heterocycles. The second-order valence-corrected chi connectivity index (χ2v) is 5.12. The highest BCUT2D eigenvalue weighted by atomic mass is 19.4. The van der Waals surface area contributed by atoms with Gasteiger partial charge >= 0.3 is 6.36 Å². The average Bonchev–Trinajstić information content (AvgIpc) is 2.47. The van der Waals surface area contributed by atoms with Crippen LogP contribution < -0.4 is 9.47 Å². The van der Waals surface area contributed by atoms with Crippen LogP contribution in [-0.2, 0) is 0 Å². The first-order valence-corrected chi connectivity index (χ1v) is 6.90. The molecule has 0 aliphatic carbocycles. The topological polar surface area (TPSA) is 35.5 Å². The standard InChI is InChI=1S/C17H15F3O3/c1-11(2)22-16-9-14(6-7-15(16)23-17(18,19)20)13-5-3-4-12(8-13)10-21/h3-11H,1-2H3. The van der Waals surface area contributed by atoms with Crippen LogP contribution in [0.5, 0.6) is 11.5 Å². The van der Waals surface area contributed by atoms with Crippen molar-refractivity contribution >= 4 is 6.29 Å². The van der Waals surface area contributed by atoms with E-state index in [1.807, 2.05) is 0 Å². The molecule has 122 valence electrons. The average molecular weight is 324 g/mol. The molecule has 0 N–H and O–H groups in total. The summed E-state index contributed by atoms with van der Waals surface area (Å²) >= 11 is 0. The van der Waals surface area contributed by atoms with Gasteiger partial charge in [0.15, 0.2) is 11.5 Å². The fourth-order valence-corrected chi connectivity index (χ4v) is 2.03. The summed E-state index contributed by atoms with van der Waals surface area (Å²) in [6.45, 7) is 3.41. The second-order valence-electron chi connectivity index (χ2n) is 5.12. The Bertz CT molecular complexity index is 694. The largest absolute Gasteiger partial charge is 0.573 e. The Hall–Kier alpha value is -2.50. The van der Waals surface area contributed by atoms with E-state index < -0.39 is 12.1 Å². The zero-order valence-corrected chi connectivity index (χ0v) is 12.6. The number of hydrogen-bond acceptors (Lipinski definition) is 3. The van der Waals surface area contributed by atoms with E-state index in [1.165, 1.54) is 18.2 Å². The minimum Gasteiger partial charge on any atom is -0.487 e. The van der Waals surface area contributed by atoms with Gasteiger partial charge in [-0.3, -0.25) is 4.79 Å². The van der Waals surface area contributed by atoms with Crippen LogP contribution in [0, 0.1) is 0 Å². The first kappa shape index (κ1) is 16.9. The van der Waals surface area contributed by atoms with Crippen LogP contribution >= 0.6 is 0 Å². The number of benzene rings is 2. The highest BCUT2D eigenvalue weighted by Gasteiger charge is 2.32. The monoisotopic (exact) mass is 324 g/mol. The SMILES string of the molecule is CC(C)Oc1cc(-c2cccc(C=O)c2)ccc1OC(F)(F)F. The van der Waals surface area contributed by atoms with Gasteiger partial charge in [0.1, 0.15) is 6.29 Å². The van der Waals surface area contributed by atoms with Gasteiger partial charge in [0.25, 0.3) is 0 Å². The van der Waals surface area contributed by atoms with E-state index >= 15 is 0 Å². The van der Waals surface area contributed by atoms with Gasteiger partial charge in [-0.1, -0.05) is 24.3 Å². The molecule has 0 aliphatic heterocycles. The fraction of sp³-hybridized carbons (Fsp3) is 0.235. The fourth-order valence-electron chi connectivity index (χ4n) is 2.03. The lowest BCUT2D eigenvalue weighted by molar-refractivity contribution is -0.275. The first-order valence-electron chi connectivity index (χ1n) is 6.90. The Kier molecular flexibility index (Phi) is 4.93. The zero-order chi connectivity index (χ0) is 17.0. The molecule has 0 radical (unpaired) electrons. The van der Waals surface area contributed by atoms with Gasteiger partial charge in [-0.05, 0) is 43.2 Å². The number of rotatable bonds is 5. The summed E-state index contributed by atoms with van der Waals surface area (Å²) < 4.78 is 46.8. The molecule has 2 rings (SSSR count). The van der Waals surface area contributed by atoms with Crippen molar-refractivity contribution in [3.63, 3.8) is 0 Å². The van der Waals surface area contributed by atoms with Gasteiger partial charge in [0.05, 0.1) is 6.10 Å². The Morgan fingerprint density at radius 1 is 1.00 bits per heavy atom. The van der Waals surface area contributed by atoms with Crippen LogP contribution in [-0.4, -0.2) is 18.8 Å². The molecule has 0 heterocycles. The summed E-state index contributed by atoms with van der Waals surface area (Å²) in [5, 5.41) is 0. The summed E-state index contributed by atoms with van der Waals surface area (Å²) in [4.78, 5) is 10.8. The molecular formula is C17H15F3O3. The van der Waals surface area contributed by atoms with Crippen molar-refractivity contribution in [1.82, 2.24) is 0 Å². The molecule has 0 spiro atoms. The molecule has 6 heteroatoms. The summed E-state index contributed by atoms with van der Waals surface area (Å²) in [5.41, 5.74) is 1.80. The molecule has 0 fully saturated rings. The van der Waals surface area contributed by atoms with E-state index in [0.29, 0.717) is 23.0 Å². The van der Waals surface area contributed by atoms with E-state index in [9.17, 15) is 18.0 Å². The summed E-state index contributed by atoms with van der Waals surface area (Å²) in [5.74, 6) is -0.409. The zero-order valence-electron chi connectivity index (χ0n) is 12.6. The Balaban J connectivity index is 2.44. The Morgan fingerprint density at radius 2 is 1.70 bits per heavy atom. The first-order chi connectivity index (χ1) is 10.8. The van der Waals surface area contributed by atoms with E-state index in [-0.39, 0.29) is 11.9 Å². The summed E-state index contributed by atoms with van der Waals surface area (Å²) in [7, 11) is 0. The Labute approximate surface area is 131 Å². The van der Waals surface area contributed by atoms with E-state index in [4.69, 9.17) is 4.74 Å². The third-order valence-electron chi connectivity index (χ3n) is 2.89. The van der Waals surface area contributed by atoms with E-state index in [2.05, 4.69) is 4.74 Å². The lowest BCUT2D eigenvalue weighted by Gasteiger charge is -2.17. The van der Waals surface area contributed by atoms with Gasteiger partial charge < -0.3 is 9.47 Å². The van der Waals surface area contributed by atoms with Gasteiger partial charge in [-0.15, -0.1) is 13.2 Å². The minimum atomic E-state index is -4.80. The number of alkyl halides is 3. The summed E-state index contributed by atoms with van der Waals surface area (Å²) in [6.07, 6.45) is -4.41. The predicted molar refractivity (Wildman–Crippen MR) is 79.7 cm³/mol. The van der Waals surface area contributed by atoms with Gasteiger partial charge in [0, 0.05) is 5.56 Å². The third-order valence-corrected chi connectivity index (χ3v) is 2.89. The minimum absolute atomic E-state index is 0.00803. The predicted octanol–water partition coefficient (Wildman–Crippen LogP) is 4.85. The van der Waals surface area contributed by atoms with Crippen molar-refractivity contribution in [2.24, 2.45) is 0 Å². The van der Waals surface area contributed by atoms with Crippen molar-refractivity contribution in [3.05, 3.63) is 48.0 Å². The van der Waals surface area contributed by atoms with Crippen molar-refractivity contribution in [2.45, 2.75) is 26.3 Å². The molecule has 3 nitrogen and oxygen atoms in total. The molecule has 0 amide bonds. The molecule has 2 aromatic carbocycles. The molecule has 0 saturated heterocycles. The van der Waals surface area contributed by atoms with Crippen molar-refractivity contribution in [2.75, 3.05) is 0 Å². The molecule has 23 heavy (non-hydrogen) atoms. The van der Waals surface area contributed by atoms with E-state index in [1.54, 1.807) is 38.1 Å². The van der Waals surface area contributed by atoms with Crippen LogP contribution in [0.15, 0.2) is 42.5 Å². The molecule has 2 aromatic rings. The molecule has 0 bridgehead atoms. The van der Waals surface area contributed by atoms with Gasteiger partial charge in [-0.2, -0.15) is 0 Å². The molecular weight excluding hydrogens is 309 g/mol. The molecule has 0 aliphatic rings. The highest BCUT2D eigenvalue weighted by molar-refractivity contribution is 5.79. The number of ether oxygens (including phenoxy) is 2. The lowest BCUT2D eigenvalue weighted by atomic mass is 10.0.